The minimum atomic E-state index is 0. The minimum absolute atomic E-state index is 0. The predicted octanol–water partition coefficient (Wildman–Crippen LogP) is 4.67. The number of para-hydroxylation sites is 1. The molecule has 3 rings (SSSR count). The molecule has 5 nitrogen and oxygen atoms in total. The van der Waals surface area contributed by atoms with Crippen LogP contribution in [0.4, 0.5) is 5.69 Å². The lowest BCUT2D eigenvalue weighted by Gasteiger charge is -2.27. The average molecular weight is 433 g/mol. The number of carbonyl (C=O) groups excluding carboxylic acids is 1. The lowest BCUT2D eigenvalue weighted by atomic mass is 9.84. The highest BCUT2D eigenvalue weighted by atomic mass is 35.5. The number of ether oxygens (including phenoxy) is 2. The van der Waals surface area contributed by atoms with E-state index in [-0.39, 0.29) is 18.3 Å². The van der Waals surface area contributed by atoms with E-state index in [4.69, 9.17) is 9.47 Å². The van der Waals surface area contributed by atoms with Gasteiger partial charge in [-0.3, -0.25) is 4.79 Å². The standard InChI is InChI=1S/C24H32N2O3.ClH/c1-19(21-10-12-25-13-11-21)16-24(27)26-22-7-5-6-20(17-22)18-28-14-15-29-23-8-3-2-4-9-23;/h2-9,17,19,21,25H,10-16,18H2,1H3,(H,26,27);1H. The first kappa shape index (κ1) is 24.2. The molecule has 0 saturated carbocycles. The number of amides is 1. The van der Waals surface area contributed by atoms with Crippen molar-refractivity contribution in [3.63, 3.8) is 0 Å². The molecule has 0 aromatic heterocycles. The normalized spacial score (nSPS) is 15.1. The molecule has 0 bridgehead atoms. The van der Waals surface area contributed by atoms with Crippen LogP contribution < -0.4 is 15.4 Å². The third-order valence-electron chi connectivity index (χ3n) is 5.41. The van der Waals surface area contributed by atoms with Crippen LogP contribution in [0.15, 0.2) is 54.6 Å². The second-order valence-electron chi connectivity index (χ2n) is 7.73. The molecule has 1 aliphatic rings. The number of carbonyl (C=O) groups is 1. The fourth-order valence-corrected chi connectivity index (χ4v) is 3.75. The van der Waals surface area contributed by atoms with Crippen molar-refractivity contribution in [2.75, 3.05) is 31.6 Å². The maximum absolute atomic E-state index is 12.4. The summed E-state index contributed by atoms with van der Waals surface area (Å²) in [6.45, 7) is 5.84. The van der Waals surface area contributed by atoms with E-state index in [1.54, 1.807) is 0 Å². The molecule has 30 heavy (non-hydrogen) atoms. The molecule has 1 atom stereocenters. The van der Waals surface area contributed by atoms with Gasteiger partial charge in [-0.05, 0) is 67.6 Å². The second kappa shape index (κ2) is 13.3. The smallest absolute Gasteiger partial charge is 0.224 e. The maximum Gasteiger partial charge on any atom is 0.224 e. The highest BCUT2D eigenvalue weighted by Gasteiger charge is 2.22. The van der Waals surface area contributed by atoms with E-state index in [1.807, 2.05) is 54.6 Å². The van der Waals surface area contributed by atoms with E-state index in [0.29, 0.717) is 38.1 Å². The molecular formula is C24H33ClN2O3. The molecule has 0 spiro atoms. The zero-order valence-corrected chi connectivity index (χ0v) is 18.5. The Balaban J connectivity index is 0.00000320. The fourth-order valence-electron chi connectivity index (χ4n) is 3.75. The Morgan fingerprint density at radius 2 is 1.87 bits per heavy atom. The van der Waals surface area contributed by atoms with Crippen molar-refractivity contribution in [2.24, 2.45) is 11.8 Å². The number of rotatable bonds is 10. The first-order valence-corrected chi connectivity index (χ1v) is 10.6. The van der Waals surface area contributed by atoms with Gasteiger partial charge in [-0.25, -0.2) is 0 Å². The molecule has 2 aromatic carbocycles. The molecule has 2 aromatic rings. The average Bonchev–Trinajstić information content (AvgIpc) is 2.75. The van der Waals surface area contributed by atoms with Crippen LogP contribution >= 0.6 is 12.4 Å². The van der Waals surface area contributed by atoms with Crippen molar-refractivity contribution in [2.45, 2.75) is 32.8 Å². The van der Waals surface area contributed by atoms with Crippen LogP contribution in [0.25, 0.3) is 0 Å². The third-order valence-corrected chi connectivity index (χ3v) is 5.41. The largest absolute Gasteiger partial charge is 0.491 e. The third kappa shape index (κ3) is 8.34. The Hall–Kier alpha value is -2.08. The lowest BCUT2D eigenvalue weighted by Crippen LogP contribution is -2.32. The first-order valence-electron chi connectivity index (χ1n) is 10.6. The molecule has 2 N–H and O–H groups in total. The number of piperidine rings is 1. The Labute approximate surface area is 186 Å². The highest BCUT2D eigenvalue weighted by molar-refractivity contribution is 5.90. The van der Waals surface area contributed by atoms with Gasteiger partial charge in [0, 0.05) is 12.1 Å². The fraction of sp³-hybridized carbons (Fsp3) is 0.458. The van der Waals surface area contributed by atoms with E-state index < -0.39 is 0 Å². The summed E-state index contributed by atoms with van der Waals surface area (Å²) >= 11 is 0. The molecule has 1 aliphatic heterocycles. The van der Waals surface area contributed by atoms with Gasteiger partial charge >= 0.3 is 0 Å². The maximum atomic E-state index is 12.4. The van der Waals surface area contributed by atoms with Crippen LogP contribution in [-0.2, 0) is 16.1 Å². The van der Waals surface area contributed by atoms with Crippen molar-refractivity contribution in [1.82, 2.24) is 5.32 Å². The molecule has 0 radical (unpaired) electrons. The summed E-state index contributed by atoms with van der Waals surface area (Å²) in [6.07, 6.45) is 2.90. The van der Waals surface area contributed by atoms with Crippen molar-refractivity contribution in [1.29, 1.82) is 0 Å². The number of anilines is 1. The zero-order valence-electron chi connectivity index (χ0n) is 17.6. The summed E-state index contributed by atoms with van der Waals surface area (Å²) in [6, 6.07) is 17.6. The Kier molecular flexibility index (Phi) is 10.7. The van der Waals surface area contributed by atoms with Gasteiger partial charge in [0.25, 0.3) is 0 Å². The number of hydrogen-bond acceptors (Lipinski definition) is 4. The lowest BCUT2D eigenvalue weighted by molar-refractivity contribution is -0.117. The van der Waals surface area contributed by atoms with E-state index >= 15 is 0 Å². The van der Waals surface area contributed by atoms with Crippen molar-refractivity contribution >= 4 is 24.0 Å². The second-order valence-corrected chi connectivity index (χ2v) is 7.73. The van der Waals surface area contributed by atoms with Gasteiger partial charge in [-0.1, -0.05) is 37.3 Å². The van der Waals surface area contributed by atoms with Crippen molar-refractivity contribution < 1.29 is 14.3 Å². The van der Waals surface area contributed by atoms with Crippen LogP contribution in [0, 0.1) is 11.8 Å². The van der Waals surface area contributed by atoms with Gasteiger partial charge < -0.3 is 20.1 Å². The van der Waals surface area contributed by atoms with E-state index in [2.05, 4.69) is 17.6 Å². The molecule has 1 unspecified atom stereocenters. The Morgan fingerprint density at radius 3 is 2.63 bits per heavy atom. The predicted molar refractivity (Wildman–Crippen MR) is 123 cm³/mol. The minimum Gasteiger partial charge on any atom is -0.491 e. The van der Waals surface area contributed by atoms with Crippen molar-refractivity contribution in [3.8, 4) is 5.75 Å². The van der Waals surface area contributed by atoms with Crippen LogP contribution in [0.2, 0.25) is 0 Å². The van der Waals surface area contributed by atoms with Crippen LogP contribution in [0.5, 0.6) is 5.75 Å². The van der Waals surface area contributed by atoms with Gasteiger partial charge in [0.2, 0.25) is 5.91 Å². The number of nitrogens with one attached hydrogen (secondary N) is 2. The topological polar surface area (TPSA) is 59.6 Å². The molecule has 0 aliphatic carbocycles. The number of halogens is 1. The van der Waals surface area contributed by atoms with E-state index in [1.165, 1.54) is 0 Å². The molecule has 1 saturated heterocycles. The van der Waals surface area contributed by atoms with Gasteiger partial charge in [0.15, 0.2) is 0 Å². The summed E-state index contributed by atoms with van der Waals surface area (Å²) in [5.74, 6) is 1.98. The first-order chi connectivity index (χ1) is 14.2. The molecule has 164 valence electrons. The molecule has 1 fully saturated rings. The SMILES string of the molecule is CC(CC(=O)Nc1cccc(COCCOc2ccccc2)c1)C1CCNCC1.Cl. The van der Waals surface area contributed by atoms with Gasteiger partial charge in [0.05, 0.1) is 13.2 Å². The summed E-state index contributed by atoms with van der Waals surface area (Å²) < 4.78 is 11.3. The summed E-state index contributed by atoms with van der Waals surface area (Å²) in [7, 11) is 0. The van der Waals surface area contributed by atoms with Crippen LogP contribution in [0.1, 0.15) is 31.7 Å². The summed E-state index contributed by atoms with van der Waals surface area (Å²) in [4.78, 5) is 12.4. The molecule has 6 heteroatoms. The van der Waals surface area contributed by atoms with Gasteiger partial charge in [0.1, 0.15) is 12.4 Å². The summed E-state index contributed by atoms with van der Waals surface area (Å²) in [5.41, 5.74) is 1.86. The van der Waals surface area contributed by atoms with Gasteiger partial charge in [-0.2, -0.15) is 0 Å². The molecular weight excluding hydrogens is 400 g/mol. The molecule has 1 amide bonds. The van der Waals surface area contributed by atoms with Crippen LogP contribution in [-0.4, -0.2) is 32.2 Å². The Bertz CT molecular complexity index is 751. The zero-order chi connectivity index (χ0) is 20.3. The number of hydrogen-bond donors (Lipinski definition) is 2. The monoisotopic (exact) mass is 432 g/mol. The molecule has 1 heterocycles. The Morgan fingerprint density at radius 1 is 1.10 bits per heavy atom. The highest BCUT2D eigenvalue weighted by Crippen LogP contribution is 2.24. The summed E-state index contributed by atoms with van der Waals surface area (Å²) in [5, 5.41) is 6.42. The van der Waals surface area contributed by atoms with Crippen LogP contribution in [0.3, 0.4) is 0 Å². The van der Waals surface area contributed by atoms with Crippen molar-refractivity contribution in [3.05, 3.63) is 60.2 Å². The van der Waals surface area contributed by atoms with Gasteiger partial charge in [-0.15, -0.1) is 12.4 Å². The quantitative estimate of drug-likeness (QED) is 0.535. The van der Waals surface area contributed by atoms with E-state index in [9.17, 15) is 4.79 Å². The van der Waals surface area contributed by atoms with E-state index in [0.717, 1.165) is 42.9 Å². The number of benzene rings is 2.